The van der Waals surface area contributed by atoms with Crippen LogP contribution in [-0.4, -0.2) is 25.4 Å². The molecule has 0 aliphatic heterocycles. The summed E-state index contributed by atoms with van der Waals surface area (Å²) in [5.74, 6) is 13.2. The van der Waals surface area contributed by atoms with Crippen LogP contribution in [-0.2, 0) is 13.1 Å². The van der Waals surface area contributed by atoms with Crippen molar-refractivity contribution in [1.29, 1.82) is 0 Å². The van der Waals surface area contributed by atoms with Crippen LogP contribution in [0.1, 0.15) is 36.4 Å². The van der Waals surface area contributed by atoms with E-state index in [4.69, 9.17) is 0 Å². The fourth-order valence-electron chi connectivity index (χ4n) is 5.86. The third kappa shape index (κ3) is 4.49. The fraction of sp³-hybridized carbons (Fsp3) is 0.135. The summed E-state index contributed by atoms with van der Waals surface area (Å²) in [5.41, 5.74) is 8.19. The molecule has 4 aromatic carbocycles. The molecule has 0 aliphatic rings. The van der Waals surface area contributed by atoms with Gasteiger partial charge >= 0.3 is 0 Å². The molecule has 7 rings (SSSR count). The quantitative estimate of drug-likeness (QED) is 0.124. The Morgan fingerprint density at radius 1 is 0.548 bits per heavy atom. The summed E-state index contributed by atoms with van der Waals surface area (Å²) in [7, 11) is 0. The van der Waals surface area contributed by atoms with Gasteiger partial charge in [-0.1, -0.05) is 60.0 Å². The largest absolute Gasteiger partial charge is 0.341 e. The highest BCUT2D eigenvalue weighted by Crippen LogP contribution is 2.30. The monoisotopic (exact) mass is 560 g/mol. The second-order valence-corrected chi connectivity index (χ2v) is 10.9. The van der Waals surface area contributed by atoms with Crippen molar-refractivity contribution in [3.63, 3.8) is 0 Å². The molecular formula is C37H28N4S. The zero-order valence-electron chi connectivity index (χ0n) is 23.8. The number of thioether (sulfide) groups is 1. The van der Waals surface area contributed by atoms with Gasteiger partial charge in [-0.25, -0.2) is 9.97 Å². The Hall–Kier alpha value is -4.97. The molecule has 0 fully saturated rings. The third-order valence-corrected chi connectivity index (χ3v) is 8.28. The summed E-state index contributed by atoms with van der Waals surface area (Å²) >= 11 is 1.49. The number of aromatic nitrogens is 4. The normalized spacial score (nSPS) is 11.1. The molecule has 0 saturated carbocycles. The number of aryl methyl sites for hydroxylation is 2. The van der Waals surface area contributed by atoms with Crippen LogP contribution in [0, 0.1) is 23.7 Å². The summed E-state index contributed by atoms with van der Waals surface area (Å²) in [6.45, 7) is 6.21. The number of hydrogen-bond donors (Lipinski definition) is 0. The molecule has 0 aliphatic carbocycles. The van der Waals surface area contributed by atoms with Crippen LogP contribution in [0.25, 0.3) is 43.6 Å². The van der Waals surface area contributed by atoms with Gasteiger partial charge in [-0.2, -0.15) is 0 Å². The van der Waals surface area contributed by atoms with Crippen molar-refractivity contribution >= 4 is 55.4 Å². The fourth-order valence-corrected chi connectivity index (χ4v) is 6.24. The van der Waals surface area contributed by atoms with Gasteiger partial charge in [0.25, 0.3) is 0 Å². The number of benzene rings is 4. The molecule has 4 nitrogen and oxygen atoms in total. The number of fused-ring (bicyclic) bond motifs is 6. The molecule has 7 aromatic rings. The SMILES string of the molecule is CCn1c2ccccc2c2cc(C#Cc3cc(C#Cc4ccc5c(c4)c4ccccc4n5CC)nc(SC)n3)ccc21. The first-order valence-corrected chi connectivity index (χ1v) is 15.4. The lowest BCUT2D eigenvalue weighted by Gasteiger charge is -2.02. The van der Waals surface area contributed by atoms with Gasteiger partial charge in [-0.15, -0.1) is 0 Å². The maximum absolute atomic E-state index is 4.64. The smallest absolute Gasteiger partial charge is 0.189 e. The van der Waals surface area contributed by atoms with E-state index >= 15 is 0 Å². The van der Waals surface area contributed by atoms with Crippen molar-refractivity contribution in [2.75, 3.05) is 6.26 Å². The van der Waals surface area contributed by atoms with E-state index in [9.17, 15) is 0 Å². The maximum Gasteiger partial charge on any atom is 0.189 e. The Kier molecular flexibility index (Phi) is 6.67. The molecular weight excluding hydrogens is 533 g/mol. The van der Waals surface area contributed by atoms with E-state index in [2.05, 4.69) is 142 Å². The highest BCUT2D eigenvalue weighted by Gasteiger charge is 2.10. The lowest BCUT2D eigenvalue weighted by molar-refractivity contribution is 0.827. The molecule has 0 N–H and O–H groups in total. The molecule has 3 heterocycles. The van der Waals surface area contributed by atoms with Crippen LogP contribution in [0.5, 0.6) is 0 Å². The minimum Gasteiger partial charge on any atom is -0.341 e. The number of rotatable bonds is 3. The zero-order chi connectivity index (χ0) is 28.6. The molecule has 0 atom stereocenters. The highest BCUT2D eigenvalue weighted by molar-refractivity contribution is 7.98. The molecule has 0 unspecified atom stereocenters. The van der Waals surface area contributed by atoms with E-state index in [1.807, 2.05) is 12.3 Å². The Morgan fingerprint density at radius 2 is 1.00 bits per heavy atom. The molecule has 42 heavy (non-hydrogen) atoms. The van der Waals surface area contributed by atoms with Crippen molar-refractivity contribution in [1.82, 2.24) is 19.1 Å². The first-order valence-electron chi connectivity index (χ1n) is 14.2. The average Bonchev–Trinajstić information content (AvgIpc) is 3.54. The van der Waals surface area contributed by atoms with E-state index in [1.54, 1.807) is 0 Å². The Bertz CT molecular complexity index is 2120. The molecule has 0 radical (unpaired) electrons. The van der Waals surface area contributed by atoms with Gasteiger partial charge in [0.05, 0.1) is 0 Å². The second-order valence-electron chi connectivity index (χ2n) is 10.1. The summed E-state index contributed by atoms with van der Waals surface area (Å²) in [4.78, 5) is 9.28. The molecule has 3 aromatic heterocycles. The van der Waals surface area contributed by atoms with Gasteiger partial charge in [0.2, 0.25) is 0 Å². The Balaban J connectivity index is 1.24. The van der Waals surface area contributed by atoms with Gasteiger partial charge in [0, 0.05) is 73.9 Å². The van der Waals surface area contributed by atoms with Crippen LogP contribution in [0.4, 0.5) is 0 Å². The predicted octanol–water partition coefficient (Wildman–Crippen LogP) is 8.25. The van der Waals surface area contributed by atoms with Crippen molar-refractivity contribution < 1.29 is 0 Å². The third-order valence-electron chi connectivity index (χ3n) is 7.74. The van der Waals surface area contributed by atoms with Crippen LogP contribution >= 0.6 is 11.8 Å². The van der Waals surface area contributed by atoms with Crippen LogP contribution in [0.2, 0.25) is 0 Å². The maximum atomic E-state index is 4.64. The number of nitrogens with zero attached hydrogens (tertiary/aromatic N) is 4. The van der Waals surface area contributed by atoms with E-state index in [0.717, 1.165) is 24.2 Å². The minimum atomic E-state index is 0.661. The molecule has 0 saturated heterocycles. The van der Waals surface area contributed by atoms with Gasteiger partial charge in [0.1, 0.15) is 11.4 Å². The highest BCUT2D eigenvalue weighted by atomic mass is 32.2. The van der Waals surface area contributed by atoms with Gasteiger partial charge in [-0.05, 0) is 80.5 Å². The molecule has 5 heteroatoms. The summed E-state index contributed by atoms with van der Waals surface area (Å²) in [5, 5.41) is 5.60. The average molecular weight is 561 g/mol. The summed E-state index contributed by atoms with van der Waals surface area (Å²) in [6, 6.07) is 31.8. The van der Waals surface area contributed by atoms with Gasteiger partial charge in [-0.3, -0.25) is 0 Å². The van der Waals surface area contributed by atoms with Crippen molar-refractivity contribution in [2.45, 2.75) is 32.1 Å². The van der Waals surface area contributed by atoms with Crippen molar-refractivity contribution in [2.24, 2.45) is 0 Å². The topological polar surface area (TPSA) is 35.6 Å². The Labute approximate surface area is 249 Å². The van der Waals surface area contributed by atoms with Crippen molar-refractivity contribution in [3.05, 3.63) is 114 Å². The van der Waals surface area contributed by atoms with E-state index in [1.165, 1.54) is 55.4 Å². The first kappa shape index (κ1) is 26.0. The minimum absolute atomic E-state index is 0.661. The second kappa shape index (κ2) is 10.8. The van der Waals surface area contributed by atoms with E-state index < -0.39 is 0 Å². The van der Waals surface area contributed by atoms with Crippen LogP contribution < -0.4 is 0 Å². The van der Waals surface area contributed by atoms with Crippen LogP contribution in [0.15, 0.2) is 96.2 Å². The van der Waals surface area contributed by atoms with Gasteiger partial charge in [0.15, 0.2) is 5.16 Å². The van der Waals surface area contributed by atoms with Crippen LogP contribution in [0.3, 0.4) is 0 Å². The summed E-state index contributed by atoms with van der Waals surface area (Å²) in [6.07, 6.45) is 1.97. The summed E-state index contributed by atoms with van der Waals surface area (Å²) < 4.78 is 4.70. The lowest BCUT2D eigenvalue weighted by atomic mass is 10.1. The number of hydrogen-bond acceptors (Lipinski definition) is 3. The molecule has 202 valence electrons. The van der Waals surface area contributed by atoms with E-state index in [0.29, 0.717) is 16.5 Å². The van der Waals surface area contributed by atoms with Crippen molar-refractivity contribution in [3.8, 4) is 23.7 Å². The van der Waals surface area contributed by atoms with E-state index in [-0.39, 0.29) is 0 Å². The zero-order valence-corrected chi connectivity index (χ0v) is 24.6. The first-order chi connectivity index (χ1) is 20.7. The molecule has 0 bridgehead atoms. The standard InChI is InChI=1S/C37H28N4S/c1-4-40-33-12-8-6-10-29(33)31-22-25(16-20-35(31)40)14-18-27-24-28(39-37(38-27)42-3)19-15-26-17-21-36-32(23-26)30-11-7-9-13-34(30)41(36)5-2/h6-13,16-17,20-24H,4-5H2,1-3H3. The Morgan fingerprint density at radius 3 is 1.45 bits per heavy atom. The van der Waals surface area contributed by atoms with Gasteiger partial charge < -0.3 is 9.13 Å². The predicted molar refractivity (Wildman–Crippen MR) is 176 cm³/mol. The molecule has 0 spiro atoms. The lowest BCUT2D eigenvalue weighted by Crippen LogP contribution is -1.94. The number of para-hydroxylation sites is 2. The molecule has 0 amide bonds.